The molecule has 1 heterocycles. The number of carbonyl (C=O) groups is 1. The SMILES string of the molecule is C/C(=N\NC(=O)c1cc(-c2cccc([N+](=O)[O-])c2)n[nH]1)c1ccc(F)cc1. The van der Waals surface area contributed by atoms with Gasteiger partial charge in [0.2, 0.25) is 0 Å². The molecule has 0 unspecified atom stereocenters. The third-order valence-electron chi connectivity index (χ3n) is 3.76. The number of benzene rings is 2. The lowest BCUT2D eigenvalue weighted by molar-refractivity contribution is -0.384. The normalized spacial score (nSPS) is 11.3. The van der Waals surface area contributed by atoms with Gasteiger partial charge in [-0.15, -0.1) is 0 Å². The number of amides is 1. The lowest BCUT2D eigenvalue weighted by atomic mass is 10.1. The number of H-pyrrole nitrogens is 1. The van der Waals surface area contributed by atoms with Crippen molar-refractivity contribution in [2.24, 2.45) is 5.10 Å². The Labute approximate surface area is 152 Å². The van der Waals surface area contributed by atoms with Gasteiger partial charge in [0, 0.05) is 17.7 Å². The van der Waals surface area contributed by atoms with E-state index in [2.05, 4.69) is 20.7 Å². The lowest BCUT2D eigenvalue weighted by Gasteiger charge is -2.01. The summed E-state index contributed by atoms with van der Waals surface area (Å²) in [6, 6.07) is 13.1. The molecule has 0 bridgehead atoms. The topological polar surface area (TPSA) is 113 Å². The van der Waals surface area contributed by atoms with E-state index >= 15 is 0 Å². The van der Waals surface area contributed by atoms with E-state index < -0.39 is 10.8 Å². The van der Waals surface area contributed by atoms with Crippen molar-refractivity contribution in [1.29, 1.82) is 0 Å². The van der Waals surface area contributed by atoms with Crippen molar-refractivity contribution in [2.75, 3.05) is 0 Å². The van der Waals surface area contributed by atoms with Crippen LogP contribution in [0.4, 0.5) is 10.1 Å². The molecule has 0 saturated carbocycles. The van der Waals surface area contributed by atoms with Crippen LogP contribution in [0.2, 0.25) is 0 Å². The number of nitro benzene ring substituents is 1. The molecule has 0 saturated heterocycles. The number of rotatable bonds is 5. The highest BCUT2D eigenvalue weighted by molar-refractivity contribution is 6.00. The maximum atomic E-state index is 12.9. The summed E-state index contributed by atoms with van der Waals surface area (Å²) in [6.07, 6.45) is 0. The van der Waals surface area contributed by atoms with Crippen molar-refractivity contribution in [1.82, 2.24) is 15.6 Å². The predicted octanol–water partition coefficient (Wildman–Crippen LogP) is 3.28. The molecule has 0 radical (unpaired) electrons. The number of nitro groups is 1. The maximum Gasteiger partial charge on any atom is 0.289 e. The molecule has 3 rings (SSSR count). The van der Waals surface area contributed by atoms with Crippen molar-refractivity contribution >= 4 is 17.3 Å². The fourth-order valence-electron chi connectivity index (χ4n) is 2.32. The number of hydrogen-bond acceptors (Lipinski definition) is 5. The van der Waals surface area contributed by atoms with Crippen LogP contribution in [0.3, 0.4) is 0 Å². The largest absolute Gasteiger partial charge is 0.289 e. The second-order valence-electron chi connectivity index (χ2n) is 5.62. The molecule has 0 aliphatic rings. The molecular weight excluding hydrogens is 353 g/mol. The van der Waals surface area contributed by atoms with E-state index in [0.29, 0.717) is 22.5 Å². The Balaban J connectivity index is 1.73. The fourth-order valence-corrected chi connectivity index (χ4v) is 2.32. The van der Waals surface area contributed by atoms with Gasteiger partial charge in [0.25, 0.3) is 11.6 Å². The third-order valence-corrected chi connectivity index (χ3v) is 3.76. The molecule has 0 fully saturated rings. The highest BCUT2D eigenvalue weighted by Crippen LogP contribution is 2.22. The number of hydrogen-bond donors (Lipinski definition) is 2. The lowest BCUT2D eigenvalue weighted by Crippen LogP contribution is -2.19. The van der Waals surface area contributed by atoms with Crippen LogP contribution < -0.4 is 5.43 Å². The monoisotopic (exact) mass is 367 g/mol. The van der Waals surface area contributed by atoms with Crippen molar-refractivity contribution < 1.29 is 14.1 Å². The van der Waals surface area contributed by atoms with Gasteiger partial charge in [-0.05, 0) is 30.7 Å². The van der Waals surface area contributed by atoms with Crippen LogP contribution in [-0.2, 0) is 0 Å². The Kier molecular flexibility index (Phi) is 5.02. The summed E-state index contributed by atoms with van der Waals surface area (Å²) in [6.45, 7) is 1.68. The third kappa shape index (κ3) is 4.21. The average molecular weight is 367 g/mol. The maximum absolute atomic E-state index is 12.9. The molecule has 2 aromatic carbocycles. The molecule has 3 aromatic rings. The van der Waals surface area contributed by atoms with Crippen molar-refractivity contribution in [3.05, 3.63) is 81.8 Å². The highest BCUT2D eigenvalue weighted by Gasteiger charge is 2.13. The zero-order valence-electron chi connectivity index (χ0n) is 14.1. The Morgan fingerprint density at radius 3 is 2.67 bits per heavy atom. The van der Waals surface area contributed by atoms with Crippen molar-refractivity contribution in [2.45, 2.75) is 6.92 Å². The molecule has 1 amide bonds. The Morgan fingerprint density at radius 1 is 1.22 bits per heavy atom. The summed E-state index contributed by atoms with van der Waals surface area (Å²) in [5, 5.41) is 21.4. The highest BCUT2D eigenvalue weighted by atomic mass is 19.1. The van der Waals surface area contributed by atoms with E-state index in [4.69, 9.17) is 0 Å². The van der Waals surface area contributed by atoms with Gasteiger partial charge in [0.15, 0.2) is 0 Å². The minimum Gasteiger partial charge on any atom is -0.272 e. The average Bonchev–Trinajstić information content (AvgIpc) is 3.17. The van der Waals surface area contributed by atoms with E-state index in [-0.39, 0.29) is 17.2 Å². The van der Waals surface area contributed by atoms with Crippen LogP contribution in [0.1, 0.15) is 23.0 Å². The van der Waals surface area contributed by atoms with E-state index in [1.807, 2.05) is 0 Å². The molecule has 27 heavy (non-hydrogen) atoms. The van der Waals surface area contributed by atoms with Gasteiger partial charge in [0.05, 0.1) is 16.3 Å². The van der Waals surface area contributed by atoms with Crippen LogP contribution in [0.5, 0.6) is 0 Å². The fraction of sp³-hybridized carbons (Fsp3) is 0.0556. The van der Waals surface area contributed by atoms with Crippen LogP contribution >= 0.6 is 0 Å². The summed E-state index contributed by atoms with van der Waals surface area (Å²) in [5.74, 6) is -0.887. The molecule has 0 spiro atoms. The van der Waals surface area contributed by atoms with Crippen LogP contribution in [0.25, 0.3) is 11.3 Å². The summed E-state index contributed by atoms with van der Waals surface area (Å²) in [5.41, 5.74) is 4.52. The van der Waals surface area contributed by atoms with Gasteiger partial charge in [0.1, 0.15) is 11.5 Å². The van der Waals surface area contributed by atoms with Gasteiger partial charge in [-0.2, -0.15) is 10.2 Å². The summed E-state index contributed by atoms with van der Waals surface area (Å²) < 4.78 is 12.9. The standard InChI is InChI=1S/C18H14FN5O3/c1-11(12-5-7-14(19)8-6-12)20-23-18(25)17-10-16(21-22-17)13-3-2-4-15(9-13)24(26)27/h2-10H,1H3,(H,21,22)(H,23,25)/b20-11+. The molecule has 9 heteroatoms. The van der Waals surface area contributed by atoms with E-state index in [1.54, 1.807) is 25.1 Å². The number of non-ortho nitro benzene ring substituents is 1. The molecule has 8 nitrogen and oxygen atoms in total. The second-order valence-corrected chi connectivity index (χ2v) is 5.62. The van der Waals surface area contributed by atoms with Crippen LogP contribution in [-0.4, -0.2) is 26.7 Å². The first kappa shape index (κ1) is 17.9. The first-order valence-corrected chi connectivity index (χ1v) is 7.85. The Bertz CT molecular complexity index is 1030. The molecular formula is C18H14FN5O3. The first-order valence-electron chi connectivity index (χ1n) is 7.85. The summed E-state index contributed by atoms with van der Waals surface area (Å²) in [4.78, 5) is 22.6. The van der Waals surface area contributed by atoms with Gasteiger partial charge in [-0.25, -0.2) is 9.82 Å². The predicted molar refractivity (Wildman–Crippen MR) is 96.8 cm³/mol. The molecule has 0 atom stereocenters. The summed E-state index contributed by atoms with van der Waals surface area (Å²) in [7, 11) is 0. The van der Waals surface area contributed by atoms with Gasteiger partial charge in [-0.3, -0.25) is 20.0 Å². The molecule has 1 aromatic heterocycles. The zero-order valence-corrected chi connectivity index (χ0v) is 14.1. The number of aromatic nitrogens is 2. The Hall–Kier alpha value is -3.88. The molecule has 0 aliphatic carbocycles. The van der Waals surface area contributed by atoms with Crippen LogP contribution in [0.15, 0.2) is 59.7 Å². The number of nitrogens with zero attached hydrogens (tertiary/aromatic N) is 3. The smallest absolute Gasteiger partial charge is 0.272 e. The van der Waals surface area contributed by atoms with Crippen molar-refractivity contribution in [3.63, 3.8) is 0 Å². The summed E-state index contributed by atoms with van der Waals surface area (Å²) >= 11 is 0. The van der Waals surface area contributed by atoms with E-state index in [0.717, 1.165) is 0 Å². The van der Waals surface area contributed by atoms with Gasteiger partial charge < -0.3 is 0 Å². The molecule has 136 valence electrons. The van der Waals surface area contributed by atoms with E-state index in [9.17, 15) is 19.3 Å². The number of aromatic amines is 1. The number of hydrazone groups is 1. The first-order chi connectivity index (χ1) is 12.9. The number of nitrogens with one attached hydrogen (secondary N) is 2. The van der Waals surface area contributed by atoms with Crippen LogP contribution in [0, 0.1) is 15.9 Å². The number of carbonyl (C=O) groups excluding carboxylic acids is 1. The Morgan fingerprint density at radius 2 is 1.96 bits per heavy atom. The minimum absolute atomic E-state index is 0.0685. The second kappa shape index (κ2) is 7.56. The van der Waals surface area contributed by atoms with Gasteiger partial charge >= 0.3 is 0 Å². The van der Waals surface area contributed by atoms with Crippen molar-refractivity contribution in [3.8, 4) is 11.3 Å². The van der Waals surface area contributed by atoms with E-state index in [1.165, 1.54) is 36.4 Å². The zero-order chi connectivity index (χ0) is 19.4. The van der Waals surface area contributed by atoms with Gasteiger partial charge in [-0.1, -0.05) is 24.3 Å². The minimum atomic E-state index is -0.527. The molecule has 0 aliphatic heterocycles. The number of halogens is 1. The quantitative estimate of drug-likeness (QED) is 0.409. The molecule has 2 N–H and O–H groups in total.